The van der Waals surface area contributed by atoms with Crippen LogP contribution in [0.3, 0.4) is 0 Å². The maximum Gasteiger partial charge on any atom is 0.337 e. The van der Waals surface area contributed by atoms with Crippen molar-refractivity contribution in [2.45, 2.75) is 6.92 Å². The van der Waals surface area contributed by atoms with Crippen LogP contribution in [0.2, 0.25) is 0 Å². The van der Waals surface area contributed by atoms with Crippen molar-refractivity contribution in [3.8, 4) is 0 Å². The molecule has 0 unspecified atom stereocenters. The predicted octanol–water partition coefficient (Wildman–Crippen LogP) is 4.19. The number of para-hydroxylation sites is 1. The average molecular weight is 360 g/mol. The van der Waals surface area contributed by atoms with Gasteiger partial charge in [-0.2, -0.15) is 0 Å². The number of carbonyl (C=O) groups excluding carboxylic acids is 1. The summed E-state index contributed by atoms with van der Waals surface area (Å²) in [6.07, 6.45) is 1.74. The molecule has 0 aromatic heterocycles. The van der Waals surface area contributed by atoms with Crippen molar-refractivity contribution >= 4 is 39.6 Å². The third kappa shape index (κ3) is 3.83. The maximum absolute atomic E-state index is 12.2. The molecule has 2 aromatic carbocycles. The summed E-state index contributed by atoms with van der Waals surface area (Å²) >= 11 is 3.42. The molecule has 0 radical (unpaired) electrons. The Morgan fingerprint density at radius 1 is 1.09 bits per heavy atom. The Kier molecular flexibility index (Phi) is 5.12. The van der Waals surface area contributed by atoms with Crippen LogP contribution < -0.4 is 5.32 Å². The van der Waals surface area contributed by atoms with Crippen LogP contribution in [0.5, 0.6) is 0 Å². The average Bonchev–Trinajstić information content (AvgIpc) is 2.49. The minimum absolute atomic E-state index is 0.0598. The standard InChI is InChI=1S/C17H14BrNO3/c1-11(10-12-6-2-4-8-14(12)18)16(20)19-15-9-5-3-7-13(15)17(21)22/h2-10H,1H3,(H,19,20)(H,21,22). The summed E-state index contributed by atoms with van der Waals surface area (Å²) < 4.78 is 0.882. The highest BCUT2D eigenvalue weighted by Gasteiger charge is 2.12. The molecule has 0 saturated heterocycles. The predicted molar refractivity (Wildman–Crippen MR) is 89.8 cm³/mol. The third-order valence-corrected chi connectivity index (χ3v) is 3.76. The van der Waals surface area contributed by atoms with Crippen molar-refractivity contribution in [3.05, 3.63) is 69.7 Å². The molecule has 22 heavy (non-hydrogen) atoms. The lowest BCUT2D eigenvalue weighted by molar-refractivity contribution is -0.112. The summed E-state index contributed by atoms with van der Waals surface area (Å²) in [5.74, 6) is -1.42. The summed E-state index contributed by atoms with van der Waals surface area (Å²) in [4.78, 5) is 23.4. The zero-order chi connectivity index (χ0) is 16.1. The number of rotatable bonds is 4. The Balaban J connectivity index is 2.23. The van der Waals surface area contributed by atoms with E-state index in [0.29, 0.717) is 5.57 Å². The Hall–Kier alpha value is -2.40. The van der Waals surface area contributed by atoms with Crippen LogP contribution in [0.25, 0.3) is 6.08 Å². The van der Waals surface area contributed by atoms with E-state index < -0.39 is 5.97 Å². The van der Waals surface area contributed by atoms with E-state index in [0.717, 1.165) is 10.0 Å². The molecular weight excluding hydrogens is 346 g/mol. The number of aromatic carboxylic acids is 1. The van der Waals surface area contributed by atoms with Crippen molar-refractivity contribution in [3.63, 3.8) is 0 Å². The summed E-state index contributed by atoms with van der Waals surface area (Å²) in [5, 5.41) is 11.7. The van der Waals surface area contributed by atoms with E-state index in [9.17, 15) is 9.59 Å². The van der Waals surface area contributed by atoms with Gasteiger partial charge in [-0.25, -0.2) is 4.79 Å². The lowest BCUT2D eigenvalue weighted by Gasteiger charge is -2.09. The van der Waals surface area contributed by atoms with Crippen LogP contribution in [0.1, 0.15) is 22.8 Å². The Morgan fingerprint density at radius 2 is 1.73 bits per heavy atom. The number of carbonyl (C=O) groups is 2. The monoisotopic (exact) mass is 359 g/mol. The molecular formula is C17H14BrNO3. The number of hydrogen-bond acceptors (Lipinski definition) is 2. The van der Waals surface area contributed by atoms with E-state index in [4.69, 9.17) is 5.11 Å². The fourth-order valence-corrected chi connectivity index (χ4v) is 2.29. The van der Waals surface area contributed by atoms with Gasteiger partial charge in [0.05, 0.1) is 11.3 Å². The van der Waals surface area contributed by atoms with Gasteiger partial charge in [0.15, 0.2) is 0 Å². The largest absolute Gasteiger partial charge is 0.478 e. The fraction of sp³-hybridized carbons (Fsp3) is 0.0588. The highest BCUT2D eigenvalue weighted by molar-refractivity contribution is 9.10. The summed E-state index contributed by atoms with van der Waals surface area (Å²) in [7, 11) is 0. The highest BCUT2D eigenvalue weighted by Crippen LogP contribution is 2.20. The van der Waals surface area contributed by atoms with E-state index >= 15 is 0 Å². The van der Waals surface area contributed by atoms with E-state index in [1.165, 1.54) is 6.07 Å². The second-order valence-electron chi connectivity index (χ2n) is 4.65. The first kappa shape index (κ1) is 16.0. The first-order chi connectivity index (χ1) is 10.5. The van der Waals surface area contributed by atoms with Crippen LogP contribution in [0.4, 0.5) is 5.69 Å². The van der Waals surface area contributed by atoms with E-state index in [2.05, 4.69) is 21.2 Å². The lowest BCUT2D eigenvalue weighted by atomic mass is 10.1. The van der Waals surface area contributed by atoms with Gasteiger partial charge in [-0.1, -0.05) is 46.3 Å². The lowest BCUT2D eigenvalue weighted by Crippen LogP contribution is -2.15. The Labute approximate surface area is 136 Å². The zero-order valence-corrected chi connectivity index (χ0v) is 13.4. The normalized spacial score (nSPS) is 11.1. The van der Waals surface area contributed by atoms with Crippen LogP contribution in [0.15, 0.2) is 58.6 Å². The van der Waals surface area contributed by atoms with Crippen molar-refractivity contribution in [1.29, 1.82) is 0 Å². The second kappa shape index (κ2) is 7.04. The topological polar surface area (TPSA) is 66.4 Å². The molecule has 0 spiro atoms. The van der Waals surface area contributed by atoms with Gasteiger partial charge >= 0.3 is 5.97 Å². The van der Waals surface area contributed by atoms with Crippen molar-refractivity contribution < 1.29 is 14.7 Å². The van der Waals surface area contributed by atoms with Crippen LogP contribution in [-0.4, -0.2) is 17.0 Å². The van der Waals surface area contributed by atoms with Crippen LogP contribution in [-0.2, 0) is 4.79 Å². The van der Waals surface area contributed by atoms with Crippen molar-refractivity contribution in [2.75, 3.05) is 5.32 Å². The SMILES string of the molecule is CC(=Cc1ccccc1Br)C(=O)Nc1ccccc1C(=O)O. The molecule has 0 aliphatic heterocycles. The molecule has 0 aliphatic rings. The number of halogens is 1. The molecule has 2 rings (SSSR count). The second-order valence-corrected chi connectivity index (χ2v) is 5.51. The third-order valence-electron chi connectivity index (χ3n) is 3.04. The maximum atomic E-state index is 12.2. The molecule has 0 atom stereocenters. The summed E-state index contributed by atoms with van der Waals surface area (Å²) in [6, 6.07) is 13.8. The number of hydrogen-bond donors (Lipinski definition) is 2. The molecule has 2 N–H and O–H groups in total. The van der Waals surface area contributed by atoms with Gasteiger partial charge in [-0.05, 0) is 36.8 Å². The van der Waals surface area contributed by atoms with E-state index in [-0.39, 0.29) is 17.2 Å². The quantitative estimate of drug-likeness (QED) is 0.804. The minimum Gasteiger partial charge on any atom is -0.478 e. The summed E-state index contributed by atoms with van der Waals surface area (Å²) in [5.41, 5.74) is 1.69. The molecule has 112 valence electrons. The van der Waals surface area contributed by atoms with Gasteiger partial charge in [0.25, 0.3) is 5.91 Å². The number of benzene rings is 2. The first-order valence-electron chi connectivity index (χ1n) is 6.55. The highest BCUT2D eigenvalue weighted by atomic mass is 79.9. The van der Waals surface area contributed by atoms with Crippen molar-refractivity contribution in [1.82, 2.24) is 0 Å². The number of amides is 1. The van der Waals surface area contributed by atoms with Crippen molar-refractivity contribution in [2.24, 2.45) is 0 Å². The molecule has 4 nitrogen and oxygen atoms in total. The molecule has 1 amide bonds. The Bertz CT molecular complexity index is 753. The van der Waals surface area contributed by atoms with Gasteiger partial charge in [0.2, 0.25) is 0 Å². The zero-order valence-electron chi connectivity index (χ0n) is 11.8. The fourth-order valence-electron chi connectivity index (χ4n) is 1.89. The number of anilines is 1. The van der Waals surface area contributed by atoms with E-state index in [1.807, 2.05) is 24.3 Å². The number of nitrogens with one attached hydrogen (secondary N) is 1. The molecule has 2 aromatic rings. The molecule has 0 heterocycles. The van der Waals surface area contributed by atoms with Gasteiger partial charge in [0.1, 0.15) is 0 Å². The van der Waals surface area contributed by atoms with Gasteiger partial charge in [-0.15, -0.1) is 0 Å². The molecule has 0 bridgehead atoms. The number of carboxylic acids is 1. The van der Waals surface area contributed by atoms with Gasteiger partial charge in [0, 0.05) is 10.0 Å². The molecule has 0 aliphatic carbocycles. The Morgan fingerprint density at radius 3 is 2.41 bits per heavy atom. The molecule has 0 fully saturated rings. The van der Waals surface area contributed by atoms with Gasteiger partial charge in [-0.3, -0.25) is 4.79 Å². The van der Waals surface area contributed by atoms with Crippen LogP contribution in [0, 0.1) is 0 Å². The van der Waals surface area contributed by atoms with Crippen LogP contribution >= 0.6 is 15.9 Å². The molecule has 5 heteroatoms. The number of carboxylic acid groups (broad SMARTS) is 1. The summed E-state index contributed by atoms with van der Waals surface area (Å²) in [6.45, 7) is 1.68. The van der Waals surface area contributed by atoms with E-state index in [1.54, 1.807) is 31.2 Å². The first-order valence-corrected chi connectivity index (χ1v) is 7.35. The minimum atomic E-state index is -1.08. The smallest absolute Gasteiger partial charge is 0.337 e. The van der Waals surface area contributed by atoms with Gasteiger partial charge < -0.3 is 10.4 Å². The molecule has 0 saturated carbocycles.